The fourth-order valence-corrected chi connectivity index (χ4v) is 10.6. The molecule has 67 heavy (non-hydrogen) atoms. The van der Waals surface area contributed by atoms with E-state index in [-0.39, 0.29) is 43.7 Å². The largest absolute Gasteiger partial charge is 0.497 e. The van der Waals surface area contributed by atoms with Crippen molar-refractivity contribution in [1.82, 2.24) is 29.8 Å². The second-order valence-corrected chi connectivity index (χ2v) is 22.1. The Kier molecular flexibility index (Phi) is 13.4. The lowest BCUT2D eigenvalue weighted by molar-refractivity contribution is -0.156. The number of nitrogens with one attached hydrogen (secondary N) is 2. The molecule has 0 radical (unpaired) electrons. The van der Waals surface area contributed by atoms with E-state index >= 15 is 13.6 Å². The van der Waals surface area contributed by atoms with E-state index in [1.54, 1.807) is 55.6 Å². The van der Waals surface area contributed by atoms with Crippen molar-refractivity contribution in [3.8, 4) is 28.8 Å². The Morgan fingerprint density at radius 2 is 1.75 bits per heavy atom. The molecule has 0 unspecified atom stereocenters. The topological polar surface area (TPSA) is 207 Å². The zero-order chi connectivity index (χ0) is 49.0. The molecule has 7 rings (SSSR count). The Balaban J connectivity index is 1.31. The van der Waals surface area contributed by atoms with Crippen molar-refractivity contribution in [3.05, 3.63) is 54.7 Å². The van der Waals surface area contributed by atoms with Crippen molar-refractivity contribution >= 4 is 44.6 Å². The Hall–Kier alpha value is -5.59. The van der Waals surface area contributed by atoms with Crippen LogP contribution < -0.4 is 24.2 Å². The molecule has 0 bridgehead atoms. The van der Waals surface area contributed by atoms with Crippen LogP contribution in [0.2, 0.25) is 0 Å². The van der Waals surface area contributed by atoms with Crippen molar-refractivity contribution in [1.29, 1.82) is 0 Å². The van der Waals surface area contributed by atoms with Crippen LogP contribution in [0.15, 0.2) is 54.7 Å². The summed E-state index contributed by atoms with van der Waals surface area (Å²) in [7, 11) is -2.60. The molecule has 2 aromatic heterocycles. The number of nitrogens with zero attached hydrogens (tertiary/aromatic N) is 4. The summed E-state index contributed by atoms with van der Waals surface area (Å²) in [5, 5.41) is 14.8. The number of methoxy groups -OCH3 is 1. The molecule has 0 spiro atoms. The number of halogens is 2. The average Bonchev–Trinajstić information content (AvgIpc) is 4.13. The first-order valence-corrected chi connectivity index (χ1v) is 24.3. The van der Waals surface area contributed by atoms with Crippen LogP contribution in [0, 0.1) is 17.8 Å². The number of aromatic nitrogens is 2. The number of carbonyl (C=O) groups excluding carboxylic acids is 3. The molecule has 2 aliphatic heterocycles. The van der Waals surface area contributed by atoms with Crippen molar-refractivity contribution in [2.24, 2.45) is 17.8 Å². The number of benzene rings is 1. The number of hydrogen-bond acceptors (Lipinski definition) is 11. The Morgan fingerprint density at radius 1 is 1.04 bits per heavy atom. The highest BCUT2D eigenvalue weighted by Gasteiger charge is 2.63. The number of hydrogen-bond donors (Lipinski definition) is 3. The number of rotatable bonds is 12. The monoisotopic (exact) mass is 952 g/mol. The predicted octanol–water partition coefficient (Wildman–Crippen LogP) is 7.11. The fourth-order valence-electron chi connectivity index (χ4n) is 9.24. The van der Waals surface area contributed by atoms with Crippen molar-refractivity contribution < 1.29 is 55.7 Å². The molecule has 2 saturated carbocycles. The highest BCUT2D eigenvalue weighted by Crippen LogP contribution is 2.48. The molecule has 2 aliphatic carbocycles. The van der Waals surface area contributed by atoms with Crippen molar-refractivity contribution in [2.75, 3.05) is 13.7 Å². The number of allylic oxidation sites excluding steroid dienone is 1. The minimum Gasteiger partial charge on any atom is -0.497 e. The lowest BCUT2D eigenvalue weighted by atomic mass is 9.84. The van der Waals surface area contributed by atoms with E-state index in [0.29, 0.717) is 71.2 Å². The number of amides is 4. The van der Waals surface area contributed by atoms with Gasteiger partial charge in [-0.1, -0.05) is 26.0 Å². The summed E-state index contributed by atoms with van der Waals surface area (Å²) in [6.07, 6.45) is 4.30. The van der Waals surface area contributed by atoms with Gasteiger partial charge in [0.2, 0.25) is 27.7 Å². The molecule has 1 saturated heterocycles. The second kappa shape index (κ2) is 18.1. The molecule has 7 atom stereocenters. The summed E-state index contributed by atoms with van der Waals surface area (Å²) in [5.41, 5.74) is -3.22. The van der Waals surface area contributed by atoms with Crippen LogP contribution >= 0.6 is 0 Å². The van der Waals surface area contributed by atoms with E-state index in [0.717, 1.165) is 18.7 Å². The summed E-state index contributed by atoms with van der Waals surface area (Å²) in [5.74, 6) is -6.60. The minimum atomic E-state index is -4.12. The highest BCUT2D eigenvalue weighted by atomic mass is 32.2. The second-order valence-electron chi connectivity index (χ2n) is 20.0. The Bertz CT molecular complexity index is 2550. The Labute approximate surface area is 390 Å². The van der Waals surface area contributed by atoms with E-state index in [1.807, 2.05) is 26.8 Å². The molecule has 4 amide bonds. The van der Waals surface area contributed by atoms with E-state index in [9.17, 15) is 27.9 Å². The average molecular weight is 953 g/mol. The van der Waals surface area contributed by atoms with Gasteiger partial charge in [-0.15, -0.1) is 0 Å². The first-order chi connectivity index (χ1) is 31.3. The van der Waals surface area contributed by atoms with E-state index in [1.165, 1.54) is 14.0 Å². The zero-order valence-electron chi connectivity index (χ0n) is 39.5. The molecule has 364 valence electrons. The summed E-state index contributed by atoms with van der Waals surface area (Å²) < 4.78 is 76.9. The van der Waals surface area contributed by atoms with Crippen molar-refractivity contribution in [3.63, 3.8) is 0 Å². The van der Waals surface area contributed by atoms with Crippen LogP contribution in [-0.4, -0.2) is 117 Å². The van der Waals surface area contributed by atoms with Crippen LogP contribution in [0.25, 0.3) is 22.2 Å². The SMILES string of the molecule is COc1ccc2c(O[C@@H]3C[C@H]4C(=O)N[C@]5(C(=O)NS(=O)(=O)C6(C)CC6)C[C@H]5C=CCC[C@@H](C)C[C@@H](C)[C@H](N(C(=O)O)C(C)(C)C(C)(F)F)C(=O)N4C3)nc(-c3ccc(OC(C)C)cn3)cc2c1. The number of ether oxygens (including phenoxy) is 3. The first-order valence-electron chi connectivity index (χ1n) is 22.9. The third-order valence-electron chi connectivity index (χ3n) is 14.0. The number of pyridine rings is 2. The van der Waals surface area contributed by atoms with Gasteiger partial charge in [-0.05, 0) is 127 Å². The maximum absolute atomic E-state index is 15.6. The van der Waals surface area contributed by atoms with Gasteiger partial charge >= 0.3 is 6.09 Å². The molecule has 4 aliphatic rings. The molecule has 16 nitrogen and oxygen atoms in total. The van der Waals surface area contributed by atoms with Gasteiger partial charge < -0.3 is 29.5 Å². The molecule has 19 heteroatoms. The Morgan fingerprint density at radius 3 is 2.36 bits per heavy atom. The maximum atomic E-state index is 15.6. The van der Waals surface area contributed by atoms with Crippen LogP contribution in [0.1, 0.15) is 100 Å². The maximum Gasteiger partial charge on any atom is 0.408 e. The molecule has 3 fully saturated rings. The van der Waals surface area contributed by atoms with E-state index in [4.69, 9.17) is 19.2 Å². The van der Waals surface area contributed by atoms with Gasteiger partial charge in [-0.25, -0.2) is 27.0 Å². The minimum absolute atomic E-state index is 0.0699. The quantitative estimate of drug-likeness (QED) is 0.155. The lowest BCUT2D eigenvalue weighted by Crippen LogP contribution is -2.66. The summed E-state index contributed by atoms with van der Waals surface area (Å²) in [4.78, 5) is 68.8. The highest BCUT2D eigenvalue weighted by molar-refractivity contribution is 7.91. The van der Waals surface area contributed by atoms with E-state index < -0.39 is 85.6 Å². The number of carboxylic acid groups (broad SMARTS) is 1. The van der Waals surface area contributed by atoms with Crippen LogP contribution in [-0.2, 0) is 24.4 Å². The van der Waals surface area contributed by atoms with Gasteiger partial charge in [0, 0.05) is 24.6 Å². The van der Waals surface area contributed by atoms with E-state index in [2.05, 4.69) is 15.0 Å². The number of sulfonamides is 1. The predicted molar refractivity (Wildman–Crippen MR) is 245 cm³/mol. The molecule has 3 N–H and O–H groups in total. The van der Waals surface area contributed by atoms with Crippen molar-refractivity contribution in [2.45, 2.75) is 146 Å². The van der Waals surface area contributed by atoms with Gasteiger partial charge in [0.05, 0.1) is 42.1 Å². The fraction of sp³-hybridized carbons (Fsp3) is 0.583. The summed E-state index contributed by atoms with van der Waals surface area (Å²) in [6, 6.07) is 7.42. The van der Waals surface area contributed by atoms with Gasteiger partial charge in [0.25, 0.3) is 11.8 Å². The third-order valence-corrected chi connectivity index (χ3v) is 16.2. The number of fused-ring (bicyclic) bond motifs is 3. The van der Waals surface area contributed by atoms with Crippen LogP contribution in [0.4, 0.5) is 13.6 Å². The first kappa shape index (κ1) is 49.3. The normalized spacial score (nSPS) is 26.7. The van der Waals surface area contributed by atoms with Crippen LogP contribution in [0.3, 0.4) is 0 Å². The standard InChI is InChI=1S/C48H62F2N6O10S/c1-27(2)65-33-15-17-36(51-25-33)37-22-30-21-32(64-9)14-16-35(30)41(52-37)66-34-23-38-40(57)53-48(43(59)54-67(62,63)46(7)18-19-46)24-31(48)13-11-10-12-28(3)20-29(4)39(42(58)55(38)26-34)56(44(60)61)45(5,6)47(8,49)50/h11,13-17,21-22,25,27-29,31,34,38-39H,10,12,18-20,23-24,26H2,1-9H3,(H,53,57)(H,54,59)(H,60,61)/t28-,29-,31-,34-,38+,39+,48-/m1/s1. The van der Waals surface area contributed by atoms with Gasteiger partial charge in [-0.2, -0.15) is 0 Å². The lowest BCUT2D eigenvalue weighted by Gasteiger charge is -2.47. The third kappa shape index (κ3) is 9.88. The molecular weight excluding hydrogens is 891 g/mol. The summed E-state index contributed by atoms with van der Waals surface area (Å²) >= 11 is 0. The molecule has 4 heterocycles. The van der Waals surface area contributed by atoms with Gasteiger partial charge in [0.1, 0.15) is 40.8 Å². The molecule has 3 aromatic rings. The number of alkyl halides is 2. The van der Waals surface area contributed by atoms with Gasteiger partial charge in [0.15, 0.2) is 0 Å². The molecular formula is C48H62F2N6O10S. The zero-order valence-corrected chi connectivity index (χ0v) is 40.3. The number of carbonyl (C=O) groups is 4. The summed E-state index contributed by atoms with van der Waals surface area (Å²) in [6.45, 7) is 11.3. The van der Waals surface area contributed by atoms with Gasteiger partial charge in [-0.3, -0.25) is 29.0 Å². The smallest absolute Gasteiger partial charge is 0.408 e. The van der Waals surface area contributed by atoms with Crippen LogP contribution in [0.5, 0.6) is 17.4 Å². The molecule has 1 aromatic carbocycles.